The summed E-state index contributed by atoms with van der Waals surface area (Å²) in [6.07, 6.45) is 15.7. The van der Waals surface area contributed by atoms with Gasteiger partial charge < -0.3 is 4.90 Å². The van der Waals surface area contributed by atoms with E-state index in [2.05, 4.69) is 32.1 Å². The van der Waals surface area contributed by atoms with Gasteiger partial charge in [-0.3, -0.25) is 4.79 Å². The molecule has 1 aliphatic rings. The fourth-order valence-corrected chi connectivity index (χ4v) is 2.82. The molecule has 2 heteroatoms. The normalized spacial score (nSPS) is 21.8. The van der Waals surface area contributed by atoms with Crippen molar-refractivity contribution >= 4 is 5.91 Å². The minimum absolute atomic E-state index is 0.129. The van der Waals surface area contributed by atoms with Gasteiger partial charge in [-0.15, -0.1) is 25.5 Å². The van der Waals surface area contributed by atoms with Gasteiger partial charge in [0.1, 0.15) is 0 Å². The molecule has 0 N–H and O–H groups in total. The molecule has 1 rings (SSSR count). The third-order valence-corrected chi connectivity index (χ3v) is 3.63. The number of unbranched alkanes of at least 4 members (excludes halogenated alkanes) is 1. The summed E-state index contributed by atoms with van der Waals surface area (Å²) < 4.78 is 0. The zero-order valence-corrected chi connectivity index (χ0v) is 12.5. The molecular formula is C18H25NO. The van der Waals surface area contributed by atoms with Crippen molar-refractivity contribution in [2.75, 3.05) is 0 Å². The molecule has 108 valence electrons. The third-order valence-electron chi connectivity index (χ3n) is 3.63. The van der Waals surface area contributed by atoms with E-state index < -0.39 is 0 Å². The van der Waals surface area contributed by atoms with Crippen molar-refractivity contribution in [3.05, 3.63) is 37.0 Å². The Hall–Kier alpha value is -1.75. The number of terminal acetylenes is 1. The van der Waals surface area contributed by atoms with Crippen molar-refractivity contribution in [2.45, 2.75) is 57.5 Å². The monoisotopic (exact) mass is 271 g/mol. The van der Waals surface area contributed by atoms with Gasteiger partial charge in [-0.25, -0.2) is 0 Å². The number of amides is 1. The summed E-state index contributed by atoms with van der Waals surface area (Å²) in [5.74, 6) is 2.79. The summed E-state index contributed by atoms with van der Waals surface area (Å²) in [5.41, 5.74) is 1.34. The zero-order chi connectivity index (χ0) is 15.0. The Morgan fingerprint density at radius 3 is 2.80 bits per heavy atom. The predicted molar refractivity (Wildman–Crippen MR) is 85.1 cm³/mol. The Bertz CT molecular complexity index is 427. The molecule has 0 fully saturated rings. The van der Waals surface area contributed by atoms with Gasteiger partial charge in [0, 0.05) is 18.9 Å². The Labute approximate surface area is 123 Å². The van der Waals surface area contributed by atoms with Crippen LogP contribution in [0, 0.1) is 12.3 Å². The van der Waals surface area contributed by atoms with E-state index in [0.717, 1.165) is 25.7 Å². The van der Waals surface area contributed by atoms with E-state index in [-0.39, 0.29) is 18.0 Å². The van der Waals surface area contributed by atoms with Crippen LogP contribution in [0.5, 0.6) is 0 Å². The highest BCUT2D eigenvalue weighted by Crippen LogP contribution is 2.27. The van der Waals surface area contributed by atoms with E-state index in [1.165, 1.54) is 5.57 Å². The highest BCUT2D eigenvalue weighted by atomic mass is 16.2. The van der Waals surface area contributed by atoms with Crippen LogP contribution >= 0.6 is 0 Å². The number of carbonyl (C=O) groups is 1. The molecule has 1 heterocycles. The second-order valence-corrected chi connectivity index (χ2v) is 5.35. The van der Waals surface area contributed by atoms with Crippen LogP contribution in [-0.4, -0.2) is 22.9 Å². The molecule has 0 unspecified atom stereocenters. The van der Waals surface area contributed by atoms with Gasteiger partial charge in [-0.05, 0) is 32.6 Å². The van der Waals surface area contributed by atoms with Crippen LogP contribution in [-0.2, 0) is 4.79 Å². The quantitative estimate of drug-likeness (QED) is 0.391. The van der Waals surface area contributed by atoms with E-state index in [9.17, 15) is 4.79 Å². The SMILES string of the molecule is C#CCCCC(=O)N1[C@H](CC=C)CC(C)=C[C@H]1CC=C. The lowest BCUT2D eigenvalue weighted by Gasteiger charge is -2.40. The van der Waals surface area contributed by atoms with Crippen molar-refractivity contribution in [1.82, 2.24) is 4.90 Å². The lowest BCUT2D eigenvalue weighted by atomic mass is 9.92. The van der Waals surface area contributed by atoms with Crippen molar-refractivity contribution in [2.24, 2.45) is 0 Å². The van der Waals surface area contributed by atoms with Crippen molar-refractivity contribution in [3.8, 4) is 12.3 Å². The number of hydrogen-bond donors (Lipinski definition) is 0. The Morgan fingerprint density at radius 1 is 1.50 bits per heavy atom. The molecule has 2 atom stereocenters. The molecule has 0 spiro atoms. The maximum atomic E-state index is 12.5. The van der Waals surface area contributed by atoms with Crippen molar-refractivity contribution in [3.63, 3.8) is 0 Å². The molecule has 0 aromatic heterocycles. The predicted octanol–water partition coefficient (Wildman–Crippen LogP) is 3.86. The first-order chi connectivity index (χ1) is 9.63. The summed E-state index contributed by atoms with van der Waals surface area (Å²) >= 11 is 0. The zero-order valence-electron chi connectivity index (χ0n) is 12.5. The number of nitrogens with zero attached hydrogens (tertiary/aromatic N) is 1. The lowest BCUT2D eigenvalue weighted by molar-refractivity contribution is -0.135. The van der Waals surface area contributed by atoms with Crippen LogP contribution in [0.4, 0.5) is 0 Å². The number of rotatable bonds is 7. The first-order valence-corrected chi connectivity index (χ1v) is 7.27. The second-order valence-electron chi connectivity index (χ2n) is 5.35. The average molecular weight is 271 g/mol. The van der Waals surface area contributed by atoms with Crippen LogP contribution in [0.1, 0.15) is 45.4 Å². The van der Waals surface area contributed by atoms with E-state index in [1.807, 2.05) is 17.1 Å². The third kappa shape index (κ3) is 4.42. The first-order valence-electron chi connectivity index (χ1n) is 7.27. The van der Waals surface area contributed by atoms with E-state index in [0.29, 0.717) is 12.8 Å². The van der Waals surface area contributed by atoms with Gasteiger partial charge in [0.05, 0.1) is 6.04 Å². The van der Waals surface area contributed by atoms with Crippen molar-refractivity contribution < 1.29 is 4.79 Å². The van der Waals surface area contributed by atoms with Crippen LogP contribution < -0.4 is 0 Å². The summed E-state index contributed by atoms with van der Waals surface area (Å²) in [4.78, 5) is 14.5. The van der Waals surface area contributed by atoms with Crippen molar-refractivity contribution in [1.29, 1.82) is 0 Å². The highest BCUT2D eigenvalue weighted by molar-refractivity contribution is 5.77. The first kappa shape index (κ1) is 16.3. The molecule has 0 aliphatic carbocycles. The summed E-state index contributed by atoms with van der Waals surface area (Å²) in [6.45, 7) is 9.75. The van der Waals surface area contributed by atoms with Crippen LogP contribution in [0.15, 0.2) is 37.0 Å². The molecule has 1 aliphatic heterocycles. The van der Waals surface area contributed by atoms with Gasteiger partial charge in [-0.2, -0.15) is 0 Å². The molecule has 0 bridgehead atoms. The Balaban J connectivity index is 2.86. The van der Waals surface area contributed by atoms with Gasteiger partial charge in [0.15, 0.2) is 0 Å². The highest BCUT2D eigenvalue weighted by Gasteiger charge is 2.31. The number of carbonyl (C=O) groups excluding carboxylic acids is 1. The van der Waals surface area contributed by atoms with Crippen LogP contribution in [0.25, 0.3) is 0 Å². The smallest absolute Gasteiger partial charge is 0.223 e. The minimum Gasteiger partial charge on any atom is -0.332 e. The maximum absolute atomic E-state index is 12.5. The van der Waals surface area contributed by atoms with Gasteiger partial charge in [-0.1, -0.05) is 23.8 Å². The van der Waals surface area contributed by atoms with E-state index in [4.69, 9.17) is 6.42 Å². The molecule has 0 saturated heterocycles. The summed E-state index contributed by atoms with van der Waals surface area (Å²) in [5, 5.41) is 0. The molecule has 0 aromatic carbocycles. The molecule has 0 aromatic rings. The average Bonchev–Trinajstić information content (AvgIpc) is 2.39. The van der Waals surface area contributed by atoms with E-state index in [1.54, 1.807) is 0 Å². The fraction of sp³-hybridized carbons (Fsp3) is 0.500. The van der Waals surface area contributed by atoms with Gasteiger partial charge >= 0.3 is 0 Å². The largest absolute Gasteiger partial charge is 0.332 e. The number of hydrogen-bond acceptors (Lipinski definition) is 1. The van der Waals surface area contributed by atoms with Gasteiger partial charge in [0.25, 0.3) is 0 Å². The molecular weight excluding hydrogens is 246 g/mol. The second kappa shape index (κ2) is 8.43. The van der Waals surface area contributed by atoms with Crippen LogP contribution in [0.2, 0.25) is 0 Å². The topological polar surface area (TPSA) is 20.3 Å². The van der Waals surface area contributed by atoms with Gasteiger partial charge in [0.2, 0.25) is 5.91 Å². The Morgan fingerprint density at radius 2 is 2.20 bits per heavy atom. The van der Waals surface area contributed by atoms with E-state index >= 15 is 0 Å². The molecule has 2 nitrogen and oxygen atoms in total. The molecule has 1 amide bonds. The summed E-state index contributed by atoms with van der Waals surface area (Å²) in [7, 11) is 0. The molecule has 0 saturated carbocycles. The maximum Gasteiger partial charge on any atom is 0.223 e. The molecule has 20 heavy (non-hydrogen) atoms. The standard InChI is InChI=1S/C18H25NO/c1-5-8-9-12-18(20)19-16(10-6-2)13-15(4)14-17(19)11-7-3/h1,6-7,13,16-17H,2-3,8-12,14H2,4H3/t16-,17-/m1/s1. The van der Waals surface area contributed by atoms with Crippen LogP contribution in [0.3, 0.4) is 0 Å². The minimum atomic E-state index is 0.129. The Kier molecular flexibility index (Phi) is 6.87. The summed E-state index contributed by atoms with van der Waals surface area (Å²) in [6, 6.07) is 0.352. The fourth-order valence-electron chi connectivity index (χ4n) is 2.82. The molecule has 0 radical (unpaired) electrons. The lowest BCUT2D eigenvalue weighted by Crippen LogP contribution is -2.48.